The molecular weight excluding hydrogens is 398 g/mol. The van der Waals surface area contributed by atoms with E-state index in [4.69, 9.17) is 4.74 Å². The summed E-state index contributed by atoms with van der Waals surface area (Å²) in [4.78, 5) is 18.2. The van der Waals surface area contributed by atoms with Crippen molar-refractivity contribution in [1.29, 1.82) is 0 Å². The summed E-state index contributed by atoms with van der Waals surface area (Å²) in [6, 6.07) is 6.75. The average Bonchev–Trinajstić information content (AvgIpc) is 3.32. The molecule has 0 bridgehead atoms. The van der Waals surface area contributed by atoms with E-state index in [1.807, 2.05) is 5.38 Å². The van der Waals surface area contributed by atoms with E-state index in [0.29, 0.717) is 24.7 Å². The molecule has 1 aliphatic rings. The molecule has 1 aromatic carbocycles. The third-order valence-electron chi connectivity index (χ3n) is 4.62. The van der Waals surface area contributed by atoms with Gasteiger partial charge in [-0.3, -0.25) is 4.79 Å². The fourth-order valence-electron chi connectivity index (χ4n) is 2.95. The van der Waals surface area contributed by atoms with Crippen molar-refractivity contribution in [3.05, 3.63) is 41.4 Å². The maximum Gasteiger partial charge on any atom is 0.273 e. The molecule has 1 N–H and O–H groups in total. The molecule has 1 atom stereocenters. The number of carbonyl (C=O) groups excluding carboxylic acids is 1. The molecule has 1 saturated heterocycles. The minimum absolute atomic E-state index is 0.0569. The zero-order valence-electron chi connectivity index (χ0n) is 16.2. The van der Waals surface area contributed by atoms with Gasteiger partial charge in [-0.1, -0.05) is 44.2 Å². The molecule has 3 rings (SSSR count). The Labute approximate surface area is 169 Å². The van der Waals surface area contributed by atoms with Gasteiger partial charge in [-0.25, -0.2) is 18.1 Å². The predicted octanol–water partition coefficient (Wildman–Crippen LogP) is 2.40. The molecular formula is C19H25N3O4S2. The normalized spacial score (nSPS) is 17.7. The van der Waals surface area contributed by atoms with Crippen LogP contribution in [0, 0.1) is 0 Å². The highest BCUT2D eigenvalue weighted by atomic mass is 32.2. The van der Waals surface area contributed by atoms with E-state index in [-0.39, 0.29) is 28.9 Å². The lowest BCUT2D eigenvalue weighted by atomic mass is 9.87. The number of sulfonamides is 1. The van der Waals surface area contributed by atoms with Gasteiger partial charge in [0, 0.05) is 24.5 Å². The first kappa shape index (κ1) is 20.8. The Morgan fingerprint density at radius 1 is 1.32 bits per heavy atom. The highest BCUT2D eigenvalue weighted by Crippen LogP contribution is 2.23. The van der Waals surface area contributed by atoms with Crippen LogP contribution < -0.4 is 9.46 Å². The fourth-order valence-corrected chi connectivity index (χ4v) is 4.47. The smallest absolute Gasteiger partial charge is 0.273 e. The molecule has 2 aromatic rings. The lowest BCUT2D eigenvalue weighted by molar-refractivity contribution is -0.129. The minimum Gasteiger partial charge on any atom is -0.465 e. The lowest BCUT2D eigenvalue weighted by Gasteiger charge is -2.19. The van der Waals surface area contributed by atoms with Crippen LogP contribution in [0.25, 0.3) is 0 Å². The number of carbonyl (C=O) groups is 1. The predicted molar refractivity (Wildman–Crippen MR) is 108 cm³/mol. The van der Waals surface area contributed by atoms with Crippen LogP contribution in [0.1, 0.15) is 32.8 Å². The van der Waals surface area contributed by atoms with E-state index in [9.17, 15) is 13.2 Å². The van der Waals surface area contributed by atoms with Gasteiger partial charge in [0.05, 0.1) is 18.0 Å². The first-order valence-corrected chi connectivity index (χ1v) is 11.5. The second-order valence-electron chi connectivity index (χ2n) is 7.77. The average molecular weight is 424 g/mol. The van der Waals surface area contributed by atoms with Crippen LogP contribution in [0.15, 0.2) is 40.7 Å². The molecule has 9 heteroatoms. The topological polar surface area (TPSA) is 88.6 Å². The summed E-state index contributed by atoms with van der Waals surface area (Å²) in [5.41, 5.74) is 0.990. The summed E-state index contributed by atoms with van der Waals surface area (Å²) in [5.74, 6) is -0.264. The number of hydrogen-bond donors (Lipinski definition) is 1. The van der Waals surface area contributed by atoms with Crippen molar-refractivity contribution in [2.24, 2.45) is 0 Å². The lowest BCUT2D eigenvalue weighted by Crippen LogP contribution is -2.39. The van der Waals surface area contributed by atoms with Crippen molar-refractivity contribution in [2.75, 3.05) is 19.6 Å². The first-order valence-electron chi connectivity index (χ1n) is 9.09. The number of nitrogens with zero attached hydrogens (tertiary/aromatic N) is 2. The third kappa shape index (κ3) is 5.09. The molecule has 1 aromatic heterocycles. The van der Waals surface area contributed by atoms with Crippen molar-refractivity contribution in [1.82, 2.24) is 14.6 Å². The highest BCUT2D eigenvalue weighted by molar-refractivity contribution is 7.89. The van der Waals surface area contributed by atoms with Gasteiger partial charge in [0.15, 0.2) is 0 Å². The van der Waals surface area contributed by atoms with Gasteiger partial charge in [-0.2, -0.15) is 0 Å². The van der Waals surface area contributed by atoms with Crippen LogP contribution in [0.3, 0.4) is 0 Å². The van der Waals surface area contributed by atoms with E-state index in [1.54, 1.807) is 35.4 Å². The van der Waals surface area contributed by atoms with Crippen molar-refractivity contribution in [2.45, 2.75) is 43.6 Å². The second-order valence-corrected chi connectivity index (χ2v) is 10.4. The molecule has 0 saturated carbocycles. The Morgan fingerprint density at radius 2 is 2.04 bits per heavy atom. The fraction of sp³-hybridized carbons (Fsp3) is 0.474. The van der Waals surface area contributed by atoms with Crippen molar-refractivity contribution < 1.29 is 17.9 Å². The number of rotatable bonds is 6. The summed E-state index contributed by atoms with van der Waals surface area (Å²) in [7, 11) is -3.74. The SMILES string of the molecule is CC(C)(C)c1ccc(S(=O)(=O)NCC(=O)N2CCC(Oc3nccs3)C2)cc1. The van der Waals surface area contributed by atoms with Gasteiger partial charge in [0.25, 0.3) is 5.19 Å². The number of hydrogen-bond acceptors (Lipinski definition) is 6. The zero-order chi connectivity index (χ0) is 20.4. The van der Waals surface area contributed by atoms with E-state index in [2.05, 4.69) is 30.5 Å². The summed E-state index contributed by atoms with van der Waals surface area (Å²) in [5, 5.41) is 2.41. The first-order chi connectivity index (χ1) is 13.1. The van der Waals surface area contributed by atoms with Crippen LogP contribution in [0.5, 0.6) is 5.19 Å². The molecule has 152 valence electrons. The number of ether oxygens (including phenoxy) is 1. The molecule has 1 fully saturated rings. The van der Waals surface area contributed by atoms with Gasteiger partial charge in [0.1, 0.15) is 6.10 Å². The molecule has 7 nitrogen and oxygen atoms in total. The van der Waals surface area contributed by atoms with Crippen molar-refractivity contribution in [3.8, 4) is 5.19 Å². The van der Waals surface area contributed by atoms with E-state index < -0.39 is 10.0 Å². The summed E-state index contributed by atoms with van der Waals surface area (Å²) in [6.45, 7) is 6.89. The number of nitrogens with one attached hydrogen (secondary N) is 1. The van der Waals surface area contributed by atoms with Crippen LogP contribution in [-0.2, 0) is 20.2 Å². The summed E-state index contributed by atoms with van der Waals surface area (Å²) in [6.07, 6.45) is 2.25. The molecule has 0 radical (unpaired) electrons. The Kier molecular flexibility index (Phi) is 6.07. The third-order valence-corrected chi connectivity index (χ3v) is 6.70. The largest absolute Gasteiger partial charge is 0.465 e. The standard InChI is InChI=1S/C19H25N3O4S2/c1-19(2,3)14-4-6-16(7-5-14)28(24,25)21-12-17(23)22-10-8-15(13-22)26-18-20-9-11-27-18/h4-7,9,11,15,21H,8,10,12-13H2,1-3H3. The molecule has 2 heterocycles. The maximum atomic E-state index is 12.5. The van der Waals surface area contributed by atoms with Crippen LogP contribution in [0.4, 0.5) is 0 Å². The zero-order valence-corrected chi connectivity index (χ0v) is 17.8. The Morgan fingerprint density at radius 3 is 2.64 bits per heavy atom. The van der Waals surface area contributed by atoms with Gasteiger partial charge >= 0.3 is 0 Å². The molecule has 28 heavy (non-hydrogen) atoms. The van der Waals surface area contributed by atoms with E-state index >= 15 is 0 Å². The molecule has 0 spiro atoms. The highest BCUT2D eigenvalue weighted by Gasteiger charge is 2.29. The number of benzene rings is 1. The molecule has 1 unspecified atom stereocenters. The van der Waals surface area contributed by atoms with Crippen molar-refractivity contribution in [3.63, 3.8) is 0 Å². The molecule has 1 amide bonds. The van der Waals surface area contributed by atoms with E-state index in [1.165, 1.54) is 11.3 Å². The van der Waals surface area contributed by atoms with Crippen molar-refractivity contribution >= 4 is 27.3 Å². The quantitative estimate of drug-likeness (QED) is 0.771. The Hall–Kier alpha value is -1.97. The number of amides is 1. The van der Waals surface area contributed by atoms with Gasteiger partial charge in [-0.05, 0) is 23.1 Å². The Bertz CT molecular complexity index is 904. The monoisotopic (exact) mass is 423 g/mol. The van der Waals surface area contributed by atoms with Gasteiger partial charge in [0.2, 0.25) is 15.9 Å². The second kappa shape index (κ2) is 8.18. The summed E-state index contributed by atoms with van der Waals surface area (Å²) >= 11 is 1.40. The van der Waals surface area contributed by atoms with Crippen LogP contribution >= 0.6 is 11.3 Å². The maximum absolute atomic E-state index is 12.5. The van der Waals surface area contributed by atoms with Crippen LogP contribution in [0.2, 0.25) is 0 Å². The van der Waals surface area contributed by atoms with Gasteiger partial charge < -0.3 is 9.64 Å². The minimum atomic E-state index is -3.74. The van der Waals surface area contributed by atoms with E-state index in [0.717, 1.165) is 5.56 Å². The summed E-state index contributed by atoms with van der Waals surface area (Å²) < 4.78 is 33.1. The van der Waals surface area contributed by atoms with Gasteiger partial charge in [-0.15, -0.1) is 0 Å². The molecule has 0 aliphatic carbocycles. The number of thiazole rings is 1. The molecule has 1 aliphatic heterocycles. The number of likely N-dealkylation sites (tertiary alicyclic amines) is 1. The van der Waals surface area contributed by atoms with Crippen LogP contribution in [-0.4, -0.2) is 49.9 Å². The number of aromatic nitrogens is 1. The Balaban J connectivity index is 1.53.